The van der Waals surface area contributed by atoms with Crippen molar-refractivity contribution in [2.75, 3.05) is 17.2 Å². The maximum absolute atomic E-state index is 13.3. The number of nitro groups is 1. The Hall–Kier alpha value is -4.02. The molecule has 0 fully saturated rings. The third-order valence-electron chi connectivity index (χ3n) is 3.53. The molecule has 0 aliphatic heterocycles. The van der Waals surface area contributed by atoms with Crippen LogP contribution >= 0.6 is 0 Å². The lowest BCUT2D eigenvalue weighted by Gasteiger charge is -2.19. The van der Waals surface area contributed by atoms with E-state index in [-0.39, 0.29) is 11.3 Å². The Morgan fingerprint density at radius 3 is 2.23 bits per heavy atom. The van der Waals surface area contributed by atoms with Crippen LogP contribution in [0.1, 0.15) is 31.1 Å². The van der Waals surface area contributed by atoms with E-state index in [2.05, 4.69) is 10.6 Å². The van der Waals surface area contributed by atoms with Gasteiger partial charge in [0.15, 0.2) is 6.61 Å². The van der Waals surface area contributed by atoms with Gasteiger partial charge in [-0.25, -0.2) is 9.59 Å². The van der Waals surface area contributed by atoms with Gasteiger partial charge in [-0.05, 0) is 57.2 Å². The number of anilines is 2. The first-order valence-corrected chi connectivity index (χ1v) is 8.95. The van der Waals surface area contributed by atoms with Crippen LogP contribution in [0.3, 0.4) is 0 Å². The van der Waals surface area contributed by atoms with Crippen LogP contribution in [0.5, 0.6) is 0 Å². The number of hydrogen-bond donors (Lipinski definition) is 2. The summed E-state index contributed by atoms with van der Waals surface area (Å²) < 4.78 is 23.3. The van der Waals surface area contributed by atoms with E-state index in [0.717, 1.165) is 18.2 Å². The Kier molecular flexibility index (Phi) is 7.24. The zero-order valence-electron chi connectivity index (χ0n) is 16.9. The lowest BCUT2D eigenvalue weighted by Crippen LogP contribution is -2.27. The second-order valence-corrected chi connectivity index (χ2v) is 7.25. The molecule has 11 heteroatoms. The van der Waals surface area contributed by atoms with E-state index in [4.69, 9.17) is 9.47 Å². The molecule has 0 heterocycles. The maximum Gasteiger partial charge on any atom is 0.412 e. The molecule has 0 aliphatic carbocycles. The Bertz CT molecular complexity index is 1000. The van der Waals surface area contributed by atoms with Gasteiger partial charge in [0.1, 0.15) is 5.60 Å². The number of hydrogen-bond acceptors (Lipinski definition) is 7. The van der Waals surface area contributed by atoms with Gasteiger partial charge >= 0.3 is 17.7 Å². The summed E-state index contributed by atoms with van der Waals surface area (Å²) in [5, 5.41) is 15.5. The van der Waals surface area contributed by atoms with E-state index in [1.165, 1.54) is 24.3 Å². The van der Waals surface area contributed by atoms with Crippen LogP contribution in [0.25, 0.3) is 0 Å². The summed E-state index contributed by atoms with van der Waals surface area (Å²) in [4.78, 5) is 45.5. The van der Waals surface area contributed by atoms with Gasteiger partial charge in [0.25, 0.3) is 5.91 Å². The lowest BCUT2D eigenvalue weighted by molar-refractivity contribution is -0.387. The Labute approximate surface area is 176 Å². The first-order chi connectivity index (χ1) is 14.4. The average Bonchev–Trinajstić information content (AvgIpc) is 2.66. The van der Waals surface area contributed by atoms with Crippen LogP contribution in [0, 0.1) is 15.9 Å². The predicted molar refractivity (Wildman–Crippen MR) is 108 cm³/mol. The number of carbonyl (C=O) groups is 3. The molecule has 2 N–H and O–H groups in total. The summed E-state index contributed by atoms with van der Waals surface area (Å²) in [5.41, 5.74) is -0.962. The van der Waals surface area contributed by atoms with Gasteiger partial charge < -0.3 is 14.8 Å². The normalized spacial score (nSPS) is 10.7. The standard InChI is InChI=1S/C20H20FN3O7/c1-20(2,3)31-19(27)23-13-6-4-12(5-7-13)18(26)30-11-17(25)22-14-8-9-15(21)16(10-14)24(28)29/h4-10H,11H2,1-3H3,(H,22,25)(H,23,27). The number of carbonyl (C=O) groups excluding carboxylic acids is 3. The van der Waals surface area contributed by atoms with E-state index in [9.17, 15) is 28.9 Å². The molecule has 0 saturated heterocycles. The number of esters is 1. The SMILES string of the molecule is CC(C)(C)OC(=O)Nc1ccc(C(=O)OCC(=O)Nc2ccc(F)c([N+](=O)[O-])c2)cc1. The van der Waals surface area contributed by atoms with E-state index in [0.29, 0.717) is 5.69 Å². The van der Waals surface area contributed by atoms with E-state index in [1.807, 2.05) is 0 Å². The number of amides is 2. The van der Waals surface area contributed by atoms with Gasteiger partial charge in [-0.15, -0.1) is 0 Å². The van der Waals surface area contributed by atoms with Crippen molar-refractivity contribution in [3.8, 4) is 0 Å². The zero-order valence-corrected chi connectivity index (χ0v) is 16.9. The largest absolute Gasteiger partial charge is 0.452 e. The summed E-state index contributed by atoms with van der Waals surface area (Å²) in [7, 11) is 0. The van der Waals surface area contributed by atoms with Crippen molar-refractivity contribution < 1.29 is 33.2 Å². The zero-order chi connectivity index (χ0) is 23.2. The van der Waals surface area contributed by atoms with Gasteiger partial charge in [-0.2, -0.15) is 4.39 Å². The number of benzene rings is 2. The van der Waals surface area contributed by atoms with Crippen molar-refractivity contribution in [1.82, 2.24) is 0 Å². The molecule has 0 spiro atoms. The minimum absolute atomic E-state index is 0.0216. The highest BCUT2D eigenvalue weighted by molar-refractivity contribution is 5.96. The minimum Gasteiger partial charge on any atom is -0.452 e. The quantitative estimate of drug-likeness (QED) is 0.401. The molecule has 0 saturated carbocycles. The summed E-state index contributed by atoms with van der Waals surface area (Å²) in [5.74, 6) is -2.61. The number of halogens is 1. The van der Waals surface area contributed by atoms with Crippen molar-refractivity contribution in [1.29, 1.82) is 0 Å². The van der Waals surface area contributed by atoms with Crippen molar-refractivity contribution in [3.63, 3.8) is 0 Å². The third kappa shape index (κ3) is 7.38. The van der Waals surface area contributed by atoms with E-state index in [1.54, 1.807) is 20.8 Å². The fourth-order valence-electron chi connectivity index (χ4n) is 2.25. The first kappa shape index (κ1) is 23.3. The molecular formula is C20H20FN3O7. The van der Waals surface area contributed by atoms with Crippen molar-refractivity contribution in [3.05, 3.63) is 64.0 Å². The molecule has 2 amide bonds. The van der Waals surface area contributed by atoms with Crippen LogP contribution in [0.2, 0.25) is 0 Å². The molecule has 31 heavy (non-hydrogen) atoms. The fourth-order valence-corrected chi connectivity index (χ4v) is 2.25. The summed E-state index contributed by atoms with van der Waals surface area (Å²) in [6, 6.07) is 8.51. The highest BCUT2D eigenvalue weighted by Gasteiger charge is 2.18. The molecule has 0 aromatic heterocycles. The second-order valence-electron chi connectivity index (χ2n) is 7.25. The number of nitrogens with one attached hydrogen (secondary N) is 2. The Morgan fingerprint density at radius 1 is 1.03 bits per heavy atom. The topological polar surface area (TPSA) is 137 Å². The molecule has 0 atom stereocenters. The highest BCUT2D eigenvalue weighted by Crippen LogP contribution is 2.21. The average molecular weight is 433 g/mol. The third-order valence-corrected chi connectivity index (χ3v) is 3.53. The highest BCUT2D eigenvalue weighted by atomic mass is 19.1. The van der Waals surface area contributed by atoms with Gasteiger partial charge in [0.05, 0.1) is 10.5 Å². The van der Waals surface area contributed by atoms with Gasteiger partial charge in [-0.1, -0.05) is 0 Å². The number of rotatable bonds is 6. The van der Waals surface area contributed by atoms with Crippen LogP contribution in [-0.4, -0.2) is 35.1 Å². The van der Waals surface area contributed by atoms with Crippen molar-refractivity contribution in [2.24, 2.45) is 0 Å². The first-order valence-electron chi connectivity index (χ1n) is 8.95. The summed E-state index contributed by atoms with van der Waals surface area (Å²) in [6.45, 7) is 4.50. The summed E-state index contributed by atoms with van der Waals surface area (Å²) in [6.07, 6.45) is -0.652. The molecule has 0 aliphatic rings. The van der Waals surface area contributed by atoms with Gasteiger partial charge in [-0.3, -0.25) is 20.2 Å². The molecule has 0 unspecified atom stereocenters. The smallest absolute Gasteiger partial charge is 0.412 e. The van der Waals surface area contributed by atoms with Crippen molar-refractivity contribution in [2.45, 2.75) is 26.4 Å². The maximum atomic E-state index is 13.3. The van der Waals surface area contributed by atoms with Gasteiger partial charge in [0, 0.05) is 17.4 Å². The fraction of sp³-hybridized carbons (Fsp3) is 0.250. The molecule has 0 bridgehead atoms. The molecule has 164 valence electrons. The molecular weight excluding hydrogens is 413 g/mol. The molecule has 10 nitrogen and oxygen atoms in total. The van der Waals surface area contributed by atoms with Crippen LogP contribution < -0.4 is 10.6 Å². The van der Waals surface area contributed by atoms with Gasteiger partial charge in [0.2, 0.25) is 5.82 Å². The number of nitrogens with zero attached hydrogens (tertiary/aromatic N) is 1. The number of ether oxygens (including phenoxy) is 2. The van der Waals surface area contributed by atoms with Crippen LogP contribution in [0.15, 0.2) is 42.5 Å². The van der Waals surface area contributed by atoms with E-state index >= 15 is 0 Å². The molecule has 2 aromatic carbocycles. The Morgan fingerprint density at radius 2 is 1.65 bits per heavy atom. The number of nitro benzene ring substituents is 1. The van der Waals surface area contributed by atoms with E-state index < -0.39 is 46.6 Å². The summed E-state index contributed by atoms with van der Waals surface area (Å²) >= 11 is 0. The minimum atomic E-state index is -1.04. The Balaban J connectivity index is 1.88. The second kappa shape index (κ2) is 9.65. The molecule has 2 rings (SSSR count). The van der Waals surface area contributed by atoms with Crippen molar-refractivity contribution >= 4 is 35.0 Å². The van der Waals surface area contributed by atoms with Crippen LogP contribution in [0.4, 0.5) is 26.2 Å². The molecule has 0 radical (unpaired) electrons. The molecule has 2 aromatic rings. The van der Waals surface area contributed by atoms with Crippen LogP contribution in [-0.2, 0) is 14.3 Å². The lowest BCUT2D eigenvalue weighted by atomic mass is 10.2. The monoisotopic (exact) mass is 433 g/mol. The predicted octanol–water partition coefficient (Wildman–Crippen LogP) is 3.88.